The zero-order chi connectivity index (χ0) is 12.0. The number of aryl methyl sites for hydroxylation is 1. The van der Waals surface area contributed by atoms with Crippen molar-refractivity contribution < 1.29 is 15.3 Å². The second-order valence-corrected chi connectivity index (χ2v) is 4.18. The molecular formula is C13H20O3. The third-order valence-electron chi connectivity index (χ3n) is 2.65. The van der Waals surface area contributed by atoms with E-state index in [0.717, 1.165) is 11.1 Å². The van der Waals surface area contributed by atoms with Crippen LogP contribution in [-0.4, -0.2) is 28.0 Å². The highest BCUT2D eigenvalue weighted by atomic mass is 16.3. The highest BCUT2D eigenvalue weighted by Gasteiger charge is 2.13. The molecule has 0 aliphatic carbocycles. The van der Waals surface area contributed by atoms with Crippen molar-refractivity contribution >= 4 is 0 Å². The summed E-state index contributed by atoms with van der Waals surface area (Å²) >= 11 is 0. The van der Waals surface area contributed by atoms with E-state index in [1.54, 1.807) is 0 Å². The molecule has 0 saturated carbocycles. The van der Waals surface area contributed by atoms with Crippen molar-refractivity contribution in [1.82, 2.24) is 0 Å². The Hall–Kier alpha value is -0.900. The number of aliphatic hydroxyl groups is 3. The summed E-state index contributed by atoms with van der Waals surface area (Å²) in [4.78, 5) is 0. The van der Waals surface area contributed by atoms with Crippen LogP contribution in [0.25, 0.3) is 0 Å². The second-order valence-electron chi connectivity index (χ2n) is 4.18. The highest BCUT2D eigenvalue weighted by Crippen LogP contribution is 2.20. The maximum absolute atomic E-state index is 9.86. The molecule has 0 heterocycles. The van der Waals surface area contributed by atoms with E-state index in [4.69, 9.17) is 5.11 Å². The van der Waals surface area contributed by atoms with Gasteiger partial charge in [-0.3, -0.25) is 0 Å². The molecule has 0 spiro atoms. The summed E-state index contributed by atoms with van der Waals surface area (Å²) in [5, 5.41) is 28.1. The van der Waals surface area contributed by atoms with Gasteiger partial charge in [0.15, 0.2) is 0 Å². The molecule has 0 fully saturated rings. The third kappa shape index (κ3) is 4.31. The molecule has 3 heteroatoms. The van der Waals surface area contributed by atoms with Crippen LogP contribution in [0.4, 0.5) is 0 Å². The first-order valence-electron chi connectivity index (χ1n) is 5.67. The maximum Gasteiger partial charge on any atom is 0.0814 e. The van der Waals surface area contributed by atoms with Gasteiger partial charge in [-0.15, -0.1) is 0 Å². The van der Waals surface area contributed by atoms with Gasteiger partial charge >= 0.3 is 0 Å². The monoisotopic (exact) mass is 224 g/mol. The van der Waals surface area contributed by atoms with Crippen molar-refractivity contribution in [2.24, 2.45) is 0 Å². The van der Waals surface area contributed by atoms with Crippen molar-refractivity contribution in [1.29, 1.82) is 0 Å². The summed E-state index contributed by atoms with van der Waals surface area (Å²) < 4.78 is 0. The average molecular weight is 224 g/mol. The molecule has 1 aromatic carbocycles. The Bertz CT molecular complexity index is 295. The molecule has 1 aromatic rings. The minimum atomic E-state index is -0.630. The van der Waals surface area contributed by atoms with Gasteiger partial charge in [-0.2, -0.15) is 0 Å². The SMILES string of the molecule is Cc1ccc([C@H](O)C[C@@H](O)CCCO)cc1. The average Bonchev–Trinajstić information content (AvgIpc) is 2.27. The zero-order valence-electron chi connectivity index (χ0n) is 9.63. The van der Waals surface area contributed by atoms with Crippen LogP contribution in [-0.2, 0) is 0 Å². The lowest BCUT2D eigenvalue weighted by Crippen LogP contribution is -2.12. The van der Waals surface area contributed by atoms with E-state index in [2.05, 4.69) is 0 Å². The van der Waals surface area contributed by atoms with Crippen molar-refractivity contribution in [2.75, 3.05) is 6.61 Å². The Labute approximate surface area is 96.4 Å². The van der Waals surface area contributed by atoms with Gasteiger partial charge < -0.3 is 15.3 Å². The van der Waals surface area contributed by atoms with Crippen LogP contribution in [0.2, 0.25) is 0 Å². The van der Waals surface area contributed by atoms with E-state index in [-0.39, 0.29) is 6.61 Å². The Kier molecular flexibility index (Phi) is 5.46. The summed E-state index contributed by atoms with van der Waals surface area (Å²) in [6.07, 6.45) is 0.238. The van der Waals surface area contributed by atoms with Gasteiger partial charge in [0.2, 0.25) is 0 Å². The fourth-order valence-corrected chi connectivity index (χ4v) is 1.63. The highest BCUT2D eigenvalue weighted by molar-refractivity contribution is 5.23. The van der Waals surface area contributed by atoms with E-state index in [1.807, 2.05) is 31.2 Å². The lowest BCUT2D eigenvalue weighted by Gasteiger charge is -2.15. The fourth-order valence-electron chi connectivity index (χ4n) is 1.63. The molecule has 3 N–H and O–H groups in total. The van der Waals surface area contributed by atoms with Gasteiger partial charge in [-0.1, -0.05) is 29.8 Å². The van der Waals surface area contributed by atoms with Crippen molar-refractivity contribution in [3.05, 3.63) is 35.4 Å². The van der Waals surface area contributed by atoms with Crippen molar-refractivity contribution in [2.45, 2.75) is 38.4 Å². The van der Waals surface area contributed by atoms with Crippen molar-refractivity contribution in [3.8, 4) is 0 Å². The first-order valence-corrected chi connectivity index (χ1v) is 5.67. The molecule has 2 atom stereocenters. The number of rotatable bonds is 6. The van der Waals surface area contributed by atoms with E-state index in [1.165, 1.54) is 0 Å². The number of hydrogen-bond donors (Lipinski definition) is 3. The molecule has 1 rings (SSSR count). The quantitative estimate of drug-likeness (QED) is 0.687. The van der Waals surface area contributed by atoms with E-state index in [0.29, 0.717) is 19.3 Å². The van der Waals surface area contributed by atoms with Crippen LogP contribution in [0.1, 0.15) is 36.5 Å². The Morgan fingerprint density at radius 3 is 2.31 bits per heavy atom. The topological polar surface area (TPSA) is 60.7 Å². The first kappa shape index (κ1) is 13.2. The lowest BCUT2D eigenvalue weighted by atomic mass is 10.0. The molecule has 16 heavy (non-hydrogen) atoms. The van der Waals surface area contributed by atoms with Gasteiger partial charge in [0.25, 0.3) is 0 Å². The molecule has 0 unspecified atom stereocenters. The lowest BCUT2D eigenvalue weighted by molar-refractivity contribution is 0.0708. The Morgan fingerprint density at radius 2 is 1.75 bits per heavy atom. The molecule has 90 valence electrons. The molecule has 0 aliphatic rings. The largest absolute Gasteiger partial charge is 0.396 e. The summed E-state index contributed by atoms with van der Waals surface area (Å²) in [5.74, 6) is 0. The first-order chi connectivity index (χ1) is 7.63. The molecule has 0 radical (unpaired) electrons. The molecular weight excluding hydrogens is 204 g/mol. The van der Waals surface area contributed by atoms with Gasteiger partial charge in [-0.25, -0.2) is 0 Å². The smallest absolute Gasteiger partial charge is 0.0814 e. The van der Waals surface area contributed by atoms with Gasteiger partial charge in [0.05, 0.1) is 12.2 Å². The molecule has 0 aliphatic heterocycles. The second kappa shape index (κ2) is 6.63. The predicted molar refractivity (Wildman–Crippen MR) is 63.1 cm³/mol. The summed E-state index contributed by atoms with van der Waals surface area (Å²) in [7, 11) is 0. The van der Waals surface area contributed by atoms with Gasteiger partial charge in [0.1, 0.15) is 0 Å². The molecule has 0 aromatic heterocycles. The zero-order valence-corrected chi connectivity index (χ0v) is 9.63. The van der Waals surface area contributed by atoms with Crippen LogP contribution in [0.3, 0.4) is 0 Å². The summed E-state index contributed by atoms with van der Waals surface area (Å²) in [5.41, 5.74) is 1.98. The van der Waals surface area contributed by atoms with Crippen LogP contribution >= 0.6 is 0 Å². The molecule has 0 bridgehead atoms. The van der Waals surface area contributed by atoms with Crippen LogP contribution < -0.4 is 0 Å². The number of aliphatic hydroxyl groups excluding tert-OH is 3. The van der Waals surface area contributed by atoms with E-state index >= 15 is 0 Å². The van der Waals surface area contributed by atoms with E-state index in [9.17, 15) is 10.2 Å². The predicted octanol–water partition coefficient (Wildman–Crippen LogP) is 1.55. The van der Waals surface area contributed by atoms with Gasteiger partial charge in [0, 0.05) is 13.0 Å². The third-order valence-corrected chi connectivity index (χ3v) is 2.65. The van der Waals surface area contributed by atoms with E-state index < -0.39 is 12.2 Å². The standard InChI is InChI=1S/C13H20O3/c1-10-4-6-11(7-5-10)13(16)9-12(15)3-2-8-14/h4-7,12-16H,2-3,8-9H2,1H3/t12-,13+/m0/s1. The number of hydrogen-bond acceptors (Lipinski definition) is 3. The number of benzene rings is 1. The Balaban J connectivity index is 2.45. The van der Waals surface area contributed by atoms with Crippen LogP contribution in [0, 0.1) is 6.92 Å². The molecule has 3 nitrogen and oxygen atoms in total. The molecule has 0 amide bonds. The molecule has 0 saturated heterocycles. The van der Waals surface area contributed by atoms with Crippen LogP contribution in [0.5, 0.6) is 0 Å². The van der Waals surface area contributed by atoms with Crippen molar-refractivity contribution in [3.63, 3.8) is 0 Å². The maximum atomic E-state index is 9.86. The fraction of sp³-hybridized carbons (Fsp3) is 0.538. The minimum absolute atomic E-state index is 0.0810. The Morgan fingerprint density at radius 1 is 1.12 bits per heavy atom. The minimum Gasteiger partial charge on any atom is -0.396 e. The normalized spacial score (nSPS) is 14.8. The summed E-state index contributed by atoms with van der Waals surface area (Å²) in [6.45, 7) is 2.07. The summed E-state index contributed by atoms with van der Waals surface area (Å²) in [6, 6.07) is 7.63. The van der Waals surface area contributed by atoms with Crippen LogP contribution in [0.15, 0.2) is 24.3 Å². The van der Waals surface area contributed by atoms with Gasteiger partial charge in [-0.05, 0) is 25.3 Å².